The Labute approximate surface area is 127 Å². The van der Waals surface area contributed by atoms with E-state index in [1.54, 1.807) is 32.4 Å². The second-order valence-corrected chi connectivity index (χ2v) is 4.30. The number of hydrogen-bond donors (Lipinski definition) is 2. The fourth-order valence-electron chi connectivity index (χ4n) is 1.65. The van der Waals surface area contributed by atoms with E-state index in [1.165, 1.54) is 0 Å². The summed E-state index contributed by atoms with van der Waals surface area (Å²) in [5, 5.41) is 11.5. The topological polar surface area (TPSA) is 101 Å². The van der Waals surface area contributed by atoms with Gasteiger partial charge in [-0.15, -0.1) is 10.2 Å². The molecule has 116 valence electrons. The lowest BCUT2D eigenvalue weighted by Crippen LogP contribution is -2.15. The molecule has 2 aromatic rings. The van der Waals surface area contributed by atoms with E-state index in [2.05, 4.69) is 25.7 Å². The molecule has 1 aromatic heterocycles. The van der Waals surface area contributed by atoms with Gasteiger partial charge in [0.25, 0.3) is 5.56 Å². The predicted octanol–water partition coefficient (Wildman–Crippen LogP) is 1.33. The molecule has 8 nitrogen and oxygen atoms in total. The molecular formula is C14H17N5O3. The highest BCUT2D eigenvalue weighted by molar-refractivity contribution is 5.81. The Morgan fingerprint density at radius 3 is 2.86 bits per heavy atom. The van der Waals surface area contributed by atoms with Crippen LogP contribution in [-0.4, -0.2) is 35.1 Å². The molecule has 2 rings (SSSR count). The molecule has 0 atom stereocenters. The van der Waals surface area contributed by atoms with Gasteiger partial charge in [0.2, 0.25) is 5.95 Å². The molecule has 0 aliphatic carbocycles. The number of aromatic nitrogens is 3. The number of nitrogens with one attached hydrogen (secondary N) is 2. The Morgan fingerprint density at radius 1 is 1.36 bits per heavy atom. The predicted molar refractivity (Wildman–Crippen MR) is 82.8 cm³/mol. The second kappa shape index (κ2) is 7.21. The summed E-state index contributed by atoms with van der Waals surface area (Å²) in [5.74, 6) is 1.46. The van der Waals surface area contributed by atoms with E-state index in [0.717, 1.165) is 5.56 Å². The number of rotatable bonds is 6. The number of hydrogen-bond acceptors (Lipinski definition) is 7. The molecule has 0 bridgehead atoms. The molecule has 0 aliphatic rings. The second-order valence-electron chi connectivity index (χ2n) is 4.30. The van der Waals surface area contributed by atoms with Gasteiger partial charge in [-0.2, -0.15) is 5.10 Å². The van der Waals surface area contributed by atoms with Crippen LogP contribution in [0.25, 0.3) is 0 Å². The van der Waals surface area contributed by atoms with Crippen molar-refractivity contribution in [3.63, 3.8) is 0 Å². The summed E-state index contributed by atoms with van der Waals surface area (Å²) in [6, 6.07) is 5.43. The third-order valence-corrected chi connectivity index (χ3v) is 2.73. The Hall–Kier alpha value is -2.90. The van der Waals surface area contributed by atoms with Crippen molar-refractivity contribution in [3.8, 4) is 11.5 Å². The van der Waals surface area contributed by atoms with Crippen molar-refractivity contribution in [1.29, 1.82) is 0 Å². The summed E-state index contributed by atoms with van der Waals surface area (Å²) in [6.45, 7) is 4.04. The van der Waals surface area contributed by atoms with Crippen LogP contribution in [0.4, 0.5) is 5.95 Å². The fraction of sp³-hybridized carbons (Fsp3) is 0.286. The molecule has 2 N–H and O–H groups in total. The number of H-pyrrole nitrogens is 1. The third kappa shape index (κ3) is 3.81. The first-order valence-corrected chi connectivity index (χ1v) is 6.67. The molecule has 0 radical (unpaired) electrons. The number of aryl methyl sites for hydroxylation is 1. The molecule has 1 aromatic carbocycles. The highest BCUT2D eigenvalue weighted by atomic mass is 16.5. The van der Waals surface area contributed by atoms with Crippen molar-refractivity contribution < 1.29 is 9.47 Å². The molecule has 1 heterocycles. The van der Waals surface area contributed by atoms with Gasteiger partial charge in [-0.25, -0.2) is 5.43 Å². The van der Waals surface area contributed by atoms with Crippen LogP contribution in [0.2, 0.25) is 0 Å². The van der Waals surface area contributed by atoms with E-state index < -0.39 is 0 Å². The quantitative estimate of drug-likeness (QED) is 0.616. The maximum Gasteiger partial charge on any atom is 0.274 e. The molecule has 0 spiro atoms. The van der Waals surface area contributed by atoms with E-state index in [9.17, 15) is 4.79 Å². The van der Waals surface area contributed by atoms with Crippen LogP contribution < -0.4 is 20.5 Å². The van der Waals surface area contributed by atoms with Crippen molar-refractivity contribution in [2.45, 2.75) is 13.8 Å². The first-order valence-electron chi connectivity index (χ1n) is 6.67. The van der Waals surface area contributed by atoms with Crippen LogP contribution in [0.15, 0.2) is 28.1 Å². The number of aromatic amines is 1. The van der Waals surface area contributed by atoms with Gasteiger partial charge >= 0.3 is 0 Å². The van der Waals surface area contributed by atoms with E-state index >= 15 is 0 Å². The van der Waals surface area contributed by atoms with Gasteiger partial charge in [-0.05, 0) is 37.6 Å². The van der Waals surface area contributed by atoms with Gasteiger partial charge in [-0.3, -0.25) is 9.78 Å². The molecule has 0 amide bonds. The minimum atomic E-state index is -0.310. The van der Waals surface area contributed by atoms with Crippen LogP contribution >= 0.6 is 0 Å². The van der Waals surface area contributed by atoms with Crippen molar-refractivity contribution in [2.24, 2.45) is 5.10 Å². The monoisotopic (exact) mass is 303 g/mol. The van der Waals surface area contributed by atoms with E-state index in [1.807, 2.05) is 13.0 Å². The fourth-order valence-corrected chi connectivity index (χ4v) is 1.65. The van der Waals surface area contributed by atoms with Crippen LogP contribution in [-0.2, 0) is 0 Å². The zero-order chi connectivity index (χ0) is 15.9. The Bertz CT molecular complexity index is 727. The maximum atomic E-state index is 11.4. The minimum Gasteiger partial charge on any atom is -0.493 e. The molecule has 0 saturated heterocycles. The third-order valence-electron chi connectivity index (χ3n) is 2.73. The van der Waals surface area contributed by atoms with E-state index in [4.69, 9.17) is 9.47 Å². The van der Waals surface area contributed by atoms with Gasteiger partial charge in [-0.1, -0.05) is 0 Å². The lowest BCUT2D eigenvalue weighted by atomic mass is 10.2. The zero-order valence-electron chi connectivity index (χ0n) is 12.6. The normalized spacial score (nSPS) is 10.7. The van der Waals surface area contributed by atoms with Crippen LogP contribution in [0.3, 0.4) is 0 Å². The summed E-state index contributed by atoms with van der Waals surface area (Å²) in [7, 11) is 1.57. The standard InChI is InChI=1S/C14H17N5O3/c1-4-22-11-6-5-10(7-12(11)21-3)8-15-18-14-16-13(20)9(2)17-19-14/h5-8H,4H2,1-3H3,(H2,16,18,19,20)/b15-8-. The number of anilines is 1. The molecule has 22 heavy (non-hydrogen) atoms. The SMILES string of the molecule is CCOc1ccc(/C=N\Nc2nnc(C)c(=O)[nH]2)cc1OC. The minimum absolute atomic E-state index is 0.171. The Balaban J connectivity index is 2.09. The molecule has 8 heteroatoms. The van der Waals surface area contributed by atoms with Gasteiger partial charge < -0.3 is 9.47 Å². The Kier molecular flexibility index (Phi) is 5.07. The van der Waals surface area contributed by atoms with Crippen LogP contribution in [0.1, 0.15) is 18.2 Å². The summed E-state index contributed by atoms with van der Waals surface area (Å²) in [6.07, 6.45) is 1.57. The van der Waals surface area contributed by atoms with Crippen molar-refractivity contribution >= 4 is 12.2 Å². The van der Waals surface area contributed by atoms with E-state index in [0.29, 0.717) is 23.8 Å². The summed E-state index contributed by atoms with van der Waals surface area (Å²) in [5.41, 5.74) is 3.40. The number of hydrazone groups is 1. The summed E-state index contributed by atoms with van der Waals surface area (Å²) >= 11 is 0. The smallest absolute Gasteiger partial charge is 0.274 e. The summed E-state index contributed by atoms with van der Waals surface area (Å²) in [4.78, 5) is 13.9. The Morgan fingerprint density at radius 2 is 2.18 bits per heavy atom. The van der Waals surface area contributed by atoms with Crippen molar-refractivity contribution in [2.75, 3.05) is 19.1 Å². The molecule has 0 fully saturated rings. The number of nitrogens with zero attached hydrogens (tertiary/aromatic N) is 3. The lowest BCUT2D eigenvalue weighted by molar-refractivity contribution is 0.311. The first kappa shape index (κ1) is 15.5. The largest absolute Gasteiger partial charge is 0.493 e. The van der Waals surface area contributed by atoms with Crippen molar-refractivity contribution in [3.05, 3.63) is 39.8 Å². The van der Waals surface area contributed by atoms with Gasteiger partial charge in [0, 0.05) is 0 Å². The average molecular weight is 303 g/mol. The average Bonchev–Trinajstić information content (AvgIpc) is 2.52. The van der Waals surface area contributed by atoms with Gasteiger partial charge in [0.15, 0.2) is 11.5 Å². The molecule has 0 unspecified atom stereocenters. The van der Waals surface area contributed by atoms with Crippen LogP contribution in [0.5, 0.6) is 11.5 Å². The number of methoxy groups -OCH3 is 1. The summed E-state index contributed by atoms with van der Waals surface area (Å²) < 4.78 is 10.7. The van der Waals surface area contributed by atoms with Crippen molar-refractivity contribution in [1.82, 2.24) is 15.2 Å². The van der Waals surface area contributed by atoms with Gasteiger partial charge in [0.05, 0.1) is 19.9 Å². The number of ether oxygens (including phenoxy) is 2. The first-order chi connectivity index (χ1) is 10.6. The highest BCUT2D eigenvalue weighted by Crippen LogP contribution is 2.27. The molecular weight excluding hydrogens is 286 g/mol. The molecule has 0 saturated carbocycles. The highest BCUT2D eigenvalue weighted by Gasteiger charge is 2.04. The zero-order valence-corrected chi connectivity index (χ0v) is 12.6. The molecule has 0 aliphatic heterocycles. The lowest BCUT2D eigenvalue weighted by Gasteiger charge is -2.09. The maximum absolute atomic E-state index is 11.4. The van der Waals surface area contributed by atoms with Crippen LogP contribution in [0, 0.1) is 6.92 Å². The van der Waals surface area contributed by atoms with E-state index in [-0.39, 0.29) is 11.5 Å². The number of benzene rings is 1. The van der Waals surface area contributed by atoms with Gasteiger partial charge in [0.1, 0.15) is 5.69 Å².